The maximum atomic E-state index is 13.1. The van der Waals surface area contributed by atoms with Gasteiger partial charge >= 0.3 is 18.2 Å². The molecule has 4 N–H and O–H groups in total. The van der Waals surface area contributed by atoms with E-state index in [4.69, 9.17) is 14.6 Å². The summed E-state index contributed by atoms with van der Waals surface area (Å²) < 4.78 is 10.7. The lowest BCUT2D eigenvalue weighted by Crippen LogP contribution is -2.47. The molecule has 82 heavy (non-hydrogen) atoms. The monoisotopic (exact) mass is 1130 g/mol. The van der Waals surface area contributed by atoms with Crippen LogP contribution in [0.2, 0.25) is 0 Å². The van der Waals surface area contributed by atoms with Crippen LogP contribution in [-0.4, -0.2) is 132 Å². The lowest BCUT2D eigenvalue weighted by atomic mass is 9.95. The second-order valence-electron chi connectivity index (χ2n) is 23.6. The van der Waals surface area contributed by atoms with E-state index < -0.39 is 17.2 Å². The van der Waals surface area contributed by atoms with Gasteiger partial charge in [0.15, 0.2) is 0 Å². The van der Waals surface area contributed by atoms with Crippen LogP contribution in [0.15, 0.2) is 121 Å². The number of carbonyl (C=O) groups is 6. The molecule has 0 bridgehead atoms. The predicted octanol–water partition coefficient (Wildman–Crippen LogP) is 11.7. The first-order valence-corrected chi connectivity index (χ1v) is 29.5. The van der Waals surface area contributed by atoms with E-state index in [0.717, 1.165) is 77.0 Å². The number of hydrogen-bond acceptors (Lipinski definition) is 9. The van der Waals surface area contributed by atoms with Crippen LogP contribution in [0.4, 0.5) is 9.59 Å². The molecule has 6 rings (SSSR count). The maximum Gasteiger partial charge on any atom is 0.410 e. The van der Waals surface area contributed by atoms with Gasteiger partial charge in [-0.1, -0.05) is 129 Å². The van der Waals surface area contributed by atoms with Crippen LogP contribution in [0.25, 0.3) is 0 Å². The summed E-state index contributed by atoms with van der Waals surface area (Å²) in [5, 5.41) is 18.1. The summed E-state index contributed by atoms with van der Waals surface area (Å²) in [6, 6.07) is 42.3. The zero-order valence-electron chi connectivity index (χ0n) is 50.0. The highest BCUT2D eigenvalue weighted by Crippen LogP contribution is 2.23. The molecule has 2 fully saturated rings. The van der Waals surface area contributed by atoms with Gasteiger partial charge in [0.05, 0.1) is 19.0 Å². The number of aliphatic carboxylic acids is 1. The Hall–Kier alpha value is -6.74. The van der Waals surface area contributed by atoms with Gasteiger partial charge in [0.1, 0.15) is 11.2 Å². The fourth-order valence-corrected chi connectivity index (χ4v) is 9.95. The van der Waals surface area contributed by atoms with E-state index in [1.165, 1.54) is 27.2 Å². The highest BCUT2D eigenvalue weighted by atomic mass is 16.6. The minimum atomic E-state index is -0.774. The van der Waals surface area contributed by atoms with Crippen molar-refractivity contribution in [3.05, 3.63) is 144 Å². The van der Waals surface area contributed by atoms with E-state index in [0.29, 0.717) is 58.4 Å². The number of carboxylic acids is 1. The van der Waals surface area contributed by atoms with Crippen molar-refractivity contribution in [2.45, 2.75) is 175 Å². The molecule has 15 heteroatoms. The summed E-state index contributed by atoms with van der Waals surface area (Å²) in [6.07, 6.45) is 13.6. The molecule has 2 saturated heterocycles. The molecule has 0 unspecified atom stereocenters. The average Bonchev–Trinajstić information content (AvgIpc) is 3.49. The lowest BCUT2D eigenvalue weighted by molar-refractivity contribution is -0.143. The van der Waals surface area contributed by atoms with Crippen LogP contribution < -0.4 is 16.0 Å². The minimum absolute atomic E-state index is 0. The van der Waals surface area contributed by atoms with Gasteiger partial charge < -0.3 is 45.2 Å². The van der Waals surface area contributed by atoms with E-state index in [-0.39, 0.29) is 67.8 Å². The first kappa shape index (κ1) is 69.5. The first-order valence-electron chi connectivity index (χ1n) is 29.5. The molecule has 0 radical (unpaired) electrons. The van der Waals surface area contributed by atoms with Crippen molar-refractivity contribution in [2.24, 2.45) is 11.8 Å². The molecule has 4 aromatic carbocycles. The molecule has 15 nitrogen and oxygen atoms in total. The Bertz CT molecular complexity index is 2340. The third-order valence-corrected chi connectivity index (χ3v) is 14.3. The van der Waals surface area contributed by atoms with Crippen LogP contribution in [0.3, 0.4) is 0 Å². The predicted molar refractivity (Wildman–Crippen MR) is 328 cm³/mol. The number of rotatable bonds is 24. The molecule has 2 heterocycles. The largest absolute Gasteiger partial charge is 0.481 e. The molecule has 452 valence electrons. The number of hydrogen-bond donors (Lipinski definition) is 4. The summed E-state index contributed by atoms with van der Waals surface area (Å²) >= 11 is 0. The molecule has 0 aromatic heterocycles. The van der Waals surface area contributed by atoms with Crippen molar-refractivity contribution >= 4 is 35.9 Å². The number of nitrogens with zero attached hydrogens (tertiary/aromatic N) is 3. The zero-order chi connectivity index (χ0) is 59.0. The third-order valence-electron chi connectivity index (χ3n) is 14.3. The van der Waals surface area contributed by atoms with Crippen molar-refractivity contribution < 1.29 is 43.3 Å². The summed E-state index contributed by atoms with van der Waals surface area (Å²) in [6.45, 7) is 13.3. The normalized spacial score (nSPS) is 13.8. The number of ether oxygens (including phenoxy) is 2. The van der Waals surface area contributed by atoms with Crippen molar-refractivity contribution in [1.29, 1.82) is 0 Å². The van der Waals surface area contributed by atoms with Crippen LogP contribution in [0, 0.1) is 11.8 Å². The Morgan fingerprint density at radius 1 is 0.524 bits per heavy atom. The quantitative estimate of drug-likeness (QED) is 0.0526. The van der Waals surface area contributed by atoms with Gasteiger partial charge in [-0.25, -0.2) is 9.59 Å². The molecule has 0 aliphatic carbocycles. The SMILES string of the molecule is C.CC(C)(C)OC(=O)N1CCC(C(=O)O)CC1.CN(CC(=O)NC(CCCc1ccccc1)CCCc1ccccc1)C(=O)C1CCN(C(=O)OC(C)(C)C)CC1.CNCC(=O)NC(CCCc1ccccc1)CCCc1ccccc1. The van der Waals surface area contributed by atoms with Gasteiger partial charge in [0.25, 0.3) is 0 Å². The van der Waals surface area contributed by atoms with E-state index in [1.807, 2.05) is 65.8 Å². The number of likely N-dealkylation sites (tertiary alicyclic amines) is 2. The molecular formula is C67H100N6O9. The first-order chi connectivity index (χ1) is 38.7. The van der Waals surface area contributed by atoms with Crippen LogP contribution in [-0.2, 0) is 54.3 Å². The summed E-state index contributed by atoms with van der Waals surface area (Å²) in [7, 11) is 3.50. The molecule has 2 aliphatic rings. The smallest absolute Gasteiger partial charge is 0.410 e. The van der Waals surface area contributed by atoms with Gasteiger partial charge in [-0.2, -0.15) is 0 Å². The summed E-state index contributed by atoms with van der Waals surface area (Å²) in [4.78, 5) is 77.5. The van der Waals surface area contributed by atoms with E-state index in [9.17, 15) is 28.8 Å². The molecule has 0 saturated carbocycles. The highest BCUT2D eigenvalue weighted by molar-refractivity contribution is 5.86. The molecule has 0 atom stereocenters. The number of benzene rings is 4. The Morgan fingerprint density at radius 3 is 1.12 bits per heavy atom. The number of nitrogens with one attached hydrogen (secondary N) is 3. The molecule has 5 amide bonds. The second kappa shape index (κ2) is 37.4. The Morgan fingerprint density at radius 2 is 0.829 bits per heavy atom. The van der Waals surface area contributed by atoms with Crippen LogP contribution in [0.1, 0.15) is 148 Å². The van der Waals surface area contributed by atoms with Crippen molar-refractivity contribution in [3.63, 3.8) is 0 Å². The Balaban J connectivity index is 0.000000357. The lowest BCUT2D eigenvalue weighted by Gasteiger charge is -2.34. The van der Waals surface area contributed by atoms with Gasteiger partial charge in [0.2, 0.25) is 17.7 Å². The maximum absolute atomic E-state index is 13.1. The number of piperidine rings is 2. The van der Waals surface area contributed by atoms with Crippen molar-refractivity contribution in [3.8, 4) is 0 Å². The third kappa shape index (κ3) is 29.3. The second-order valence-corrected chi connectivity index (χ2v) is 23.6. The number of likely N-dealkylation sites (N-methyl/N-ethyl adjacent to an activating group) is 2. The average molecular weight is 1130 g/mol. The van der Waals surface area contributed by atoms with E-state index in [1.54, 1.807) is 23.9 Å². The molecule has 0 spiro atoms. The van der Waals surface area contributed by atoms with Crippen LogP contribution >= 0.6 is 0 Å². The van der Waals surface area contributed by atoms with E-state index in [2.05, 4.69) is 113 Å². The standard InChI is InChI=1S/C33H47N3O4.C22H30N2O.C11H19NO4.CH4/c1-33(2,3)40-32(39)36-23-21-28(22-24-36)31(38)35(4)25-30(37)34-29(19-11-17-26-13-7-5-8-14-26)20-12-18-27-15-9-6-10-16-27;1-23-18-22(25)24-21(16-8-14-19-10-4-2-5-11-19)17-9-15-20-12-6-3-7-13-20;1-11(2,3)16-10(15)12-6-4-8(5-7-12)9(13)14;/h5-10,13-16,28-29H,11-12,17-25H2,1-4H3,(H,34,37);2-7,10-13,21,23H,8-9,14-18H2,1H3,(H,24,25);8H,4-7H2,1-3H3,(H,13,14);1H4. The van der Waals surface area contributed by atoms with Crippen LogP contribution in [0.5, 0.6) is 0 Å². The fraction of sp³-hybridized carbons (Fsp3) is 0.552. The van der Waals surface area contributed by atoms with Gasteiger partial charge in [-0.15, -0.1) is 0 Å². The molecule has 4 aromatic rings. The van der Waals surface area contributed by atoms with Crippen molar-refractivity contribution in [2.75, 3.05) is 53.4 Å². The zero-order valence-corrected chi connectivity index (χ0v) is 50.0. The minimum Gasteiger partial charge on any atom is -0.481 e. The van der Waals surface area contributed by atoms with Crippen molar-refractivity contribution in [1.82, 2.24) is 30.7 Å². The number of aryl methyl sites for hydroxylation is 4. The summed E-state index contributed by atoms with van der Waals surface area (Å²) in [5.74, 6) is -1.35. The van der Waals surface area contributed by atoms with Gasteiger partial charge in [-0.3, -0.25) is 19.2 Å². The Labute approximate surface area is 491 Å². The summed E-state index contributed by atoms with van der Waals surface area (Å²) in [5.41, 5.74) is 4.30. The Kier molecular flexibility index (Phi) is 31.7. The number of amides is 5. The van der Waals surface area contributed by atoms with E-state index >= 15 is 0 Å². The highest BCUT2D eigenvalue weighted by Gasteiger charge is 2.33. The topological polar surface area (TPSA) is 187 Å². The molecule has 2 aliphatic heterocycles. The number of carbonyl (C=O) groups excluding carboxylic acids is 5. The van der Waals surface area contributed by atoms with Gasteiger partial charge in [0, 0.05) is 51.2 Å². The molecular weight excluding hydrogens is 1030 g/mol. The van der Waals surface area contributed by atoms with Gasteiger partial charge in [-0.05, 0) is 174 Å². The fourth-order valence-electron chi connectivity index (χ4n) is 9.95. The number of carboxylic acid groups (broad SMARTS) is 1.